The third-order valence-electron chi connectivity index (χ3n) is 4.58. The molecular formula is C21H25BrFN3O4S. The van der Waals surface area contributed by atoms with Crippen LogP contribution in [0.25, 0.3) is 0 Å². The average molecular weight is 514 g/mol. The quantitative estimate of drug-likeness (QED) is 0.558. The van der Waals surface area contributed by atoms with Crippen molar-refractivity contribution in [2.24, 2.45) is 0 Å². The van der Waals surface area contributed by atoms with Gasteiger partial charge in [-0.25, -0.2) is 12.8 Å². The minimum absolute atomic E-state index is 0.0188. The molecule has 0 aliphatic carbocycles. The van der Waals surface area contributed by atoms with Gasteiger partial charge in [-0.3, -0.25) is 13.9 Å². The first-order valence-corrected chi connectivity index (χ1v) is 12.2. The van der Waals surface area contributed by atoms with E-state index in [-0.39, 0.29) is 12.5 Å². The first kappa shape index (κ1) is 24.8. The number of halogens is 2. The van der Waals surface area contributed by atoms with Crippen LogP contribution in [0, 0.1) is 5.82 Å². The summed E-state index contributed by atoms with van der Waals surface area (Å²) >= 11 is 3.32. The maximum atomic E-state index is 13.3. The number of nitrogens with one attached hydrogen (secondary N) is 1. The molecule has 0 fully saturated rings. The maximum Gasteiger partial charge on any atom is 0.244 e. The van der Waals surface area contributed by atoms with Gasteiger partial charge in [0.05, 0.1) is 11.9 Å². The summed E-state index contributed by atoms with van der Waals surface area (Å²) in [5.41, 5.74) is 0.920. The topological polar surface area (TPSA) is 86.8 Å². The van der Waals surface area contributed by atoms with E-state index in [4.69, 9.17) is 0 Å². The Balaban J connectivity index is 2.38. The highest BCUT2D eigenvalue weighted by atomic mass is 79.9. The molecule has 10 heteroatoms. The average Bonchev–Trinajstić information content (AvgIpc) is 2.71. The maximum absolute atomic E-state index is 13.3. The van der Waals surface area contributed by atoms with Gasteiger partial charge in [-0.05, 0) is 59.6 Å². The van der Waals surface area contributed by atoms with Crippen molar-refractivity contribution >= 4 is 43.5 Å². The third-order valence-corrected chi connectivity index (χ3v) is 6.38. The fraction of sp³-hybridized carbons (Fsp3) is 0.333. The molecule has 0 spiro atoms. The van der Waals surface area contributed by atoms with Crippen molar-refractivity contribution in [1.29, 1.82) is 0 Å². The van der Waals surface area contributed by atoms with Crippen LogP contribution in [0.1, 0.15) is 19.4 Å². The molecule has 168 valence electrons. The van der Waals surface area contributed by atoms with Crippen LogP contribution in [0.5, 0.6) is 0 Å². The molecule has 0 aliphatic rings. The van der Waals surface area contributed by atoms with Crippen molar-refractivity contribution in [3.63, 3.8) is 0 Å². The number of para-hydroxylation sites is 1. The summed E-state index contributed by atoms with van der Waals surface area (Å²) in [5.74, 6) is -1.36. The van der Waals surface area contributed by atoms with E-state index in [1.165, 1.54) is 29.2 Å². The zero-order valence-corrected chi connectivity index (χ0v) is 19.9. The predicted octanol–water partition coefficient (Wildman–Crippen LogP) is 2.91. The van der Waals surface area contributed by atoms with Crippen LogP contribution in [0.15, 0.2) is 53.0 Å². The third kappa shape index (κ3) is 6.76. The minimum Gasteiger partial charge on any atom is -0.355 e. The number of sulfonamides is 1. The van der Waals surface area contributed by atoms with E-state index in [0.717, 1.165) is 10.6 Å². The summed E-state index contributed by atoms with van der Waals surface area (Å²) in [4.78, 5) is 27.0. The van der Waals surface area contributed by atoms with Gasteiger partial charge in [0.2, 0.25) is 21.8 Å². The Kier molecular flexibility index (Phi) is 8.58. The number of amides is 2. The number of hydrogen-bond donors (Lipinski definition) is 1. The van der Waals surface area contributed by atoms with Crippen molar-refractivity contribution < 1.29 is 22.4 Å². The number of carbonyl (C=O) groups excluding carboxylic acids is 2. The Bertz CT molecular complexity index is 1030. The highest BCUT2D eigenvalue weighted by Crippen LogP contribution is 2.28. The highest BCUT2D eigenvalue weighted by molar-refractivity contribution is 9.10. The zero-order chi connectivity index (χ0) is 23.2. The first-order chi connectivity index (χ1) is 14.5. The predicted molar refractivity (Wildman–Crippen MR) is 121 cm³/mol. The van der Waals surface area contributed by atoms with E-state index >= 15 is 0 Å². The van der Waals surface area contributed by atoms with E-state index in [0.29, 0.717) is 22.3 Å². The van der Waals surface area contributed by atoms with Gasteiger partial charge in [-0.1, -0.05) is 24.3 Å². The summed E-state index contributed by atoms with van der Waals surface area (Å²) in [7, 11) is -3.80. The molecule has 31 heavy (non-hydrogen) atoms. The number of likely N-dealkylation sites (N-methyl/N-ethyl adjacent to an activating group) is 1. The van der Waals surface area contributed by atoms with Crippen LogP contribution in [0.3, 0.4) is 0 Å². The van der Waals surface area contributed by atoms with Crippen LogP contribution in [-0.2, 0) is 26.2 Å². The fourth-order valence-corrected chi connectivity index (χ4v) is 4.42. The number of carbonyl (C=O) groups is 2. The SMILES string of the molecule is CCNC(=O)[C@@H](C)N(Cc1ccc(F)cc1)C(=O)CN(c1ccccc1Br)S(C)(=O)=O. The van der Waals surface area contributed by atoms with Gasteiger partial charge in [-0.2, -0.15) is 0 Å². The fourth-order valence-electron chi connectivity index (χ4n) is 2.94. The van der Waals surface area contributed by atoms with Gasteiger partial charge in [-0.15, -0.1) is 0 Å². The molecule has 0 aliphatic heterocycles. The van der Waals surface area contributed by atoms with Gasteiger partial charge in [0, 0.05) is 17.6 Å². The van der Waals surface area contributed by atoms with Crippen molar-refractivity contribution in [2.75, 3.05) is 23.7 Å². The molecular weight excluding hydrogens is 489 g/mol. The molecule has 0 heterocycles. The summed E-state index contributed by atoms with van der Waals surface area (Å²) in [6.07, 6.45) is 1.01. The summed E-state index contributed by atoms with van der Waals surface area (Å²) in [6.45, 7) is 3.23. The van der Waals surface area contributed by atoms with E-state index in [1.54, 1.807) is 38.1 Å². The molecule has 0 bridgehead atoms. The largest absolute Gasteiger partial charge is 0.355 e. The van der Waals surface area contributed by atoms with Crippen LogP contribution in [0.4, 0.5) is 10.1 Å². The van der Waals surface area contributed by atoms with Crippen molar-refractivity contribution in [3.8, 4) is 0 Å². The number of hydrogen-bond acceptors (Lipinski definition) is 4. The Labute approximate surface area is 190 Å². The monoisotopic (exact) mass is 513 g/mol. The van der Waals surface area contributed by atoms with Crippen LogP contribution in [-0.4, -0.2) is 50.5 Å². The molecule has 0 unspecified atom stereocenters. The molecule has 2 aromatic carbocycles. The van der Waals surface area contributed by atoms with Crippen LogP contribution < -0.4 is 9.62 Å². The van der Waals surface area contributed by atoms with Gasteiger partial charge in [0.15, 0.2) is 0 Å². The second-order valence-corrected chi connectivity index (χ2v) is 9.70. The summed E-state index contributed by atoms with van der Waals surface area (Å²) < 4.78 is 39.7. The van der Waals surface area contributed by atoms with Gasteiger partial charge >= 0.3 is 0 Å². The lowest BCUT2D eigenvalue weighted by Crippen LogP contribution is -2.51. The Morgan fingerprint density at radius 2 is 1.74 bits per heavy atom. The number of anilines is 1. The van der Waals surface area contributed by atoms with Crippen molar-refractivity contribution in [2.45, 2.75) is 26.4 Å². The first-order valence-electron chi connectivity index (χ1n) is 9.58. The molecule has 2 rings (SSSR count). The molecule has 2 amide bonds. The van der Waals surface area contributed by atoms with Gasteiger partial charge < -0.3 is 10.2 Å². The smallest absolute Gasteiger partial charge is 0.244 e. The highest BCUT2D eigenvalue weighted by Gasteiger charge is 2.30. The van der Waals surface area contributed by atoms with Crippen LogP contribution >= 0.6 is 15.9 Å². The number of nitrogens with zero attached hydrogens (tertiary/aromatic N) is 2. The summed E-state index contributed by atoms with van der Waals surface area (Å²) in [6, 6.07) is 11.3. The molecule has 0 aromatic heterocycles. The molecule has 7 nitrogen and oxygen atoms in total. The standard InChI is InChI=1S/C21H25BrFN3O4S/c1-4-24-21(28)15(2)25(13-16-9-11-17(23)12-10-16)20(27)14-26(31(3,29)30)19-8-6-5-7-18(19)22/h5-12,15H,4,13-14H2,1-3H3,(H,24,28)/t15-/m1/s1. The van der Waals surface area contributed by atoms with E-state index in [9.17, 15) is 22.4 Å². The van der Waals surface area contributed by atoms with E-state index in [1.807, 2.05) is 0 Å². The van der Waals surface area contributed by atoms with E-state index < -0.39 is 34.3 Å². The lowest BCUT2D eigenvalue weighted by atomic mass is 10.1. The Morgan fingerprint density at radius 3 is 2.29 bits per heavy atom. The lowest BCUT2D eigenvalue weighted by Gasteiger charge is -2.31. The second kappa shape index (κ2) is 10.7. The van der Waals surface area contributed by atoms with Gasteiger partial charge in [0.25, 0.3) is 0 Å². The lowest BCUT2D eigenvalue weighted by molar-refractivity contribution is -0.139. The molecule has 0 radical (unpaired) electrons. The van der Waals surface area contributed by atoms with Crippen molar-refractivity contribution in [3.05, 3.63) is 64.4 Å². The molecule has 2 aromatic rings. The van der Waals surface area contributed by atoms with Crippen molar-refractivity contribution in [1.82, 2.24) is 10.2 Å². The molecule has 1 N–H and O–H groups in total. The minimum atomic E-state index is -3.80. The van der Waals surface area contributed by atoms with Crippen LogP contribution in [0.2, 0.25) is 0 Å². The normalized spacial score (nSPS) is 12.2. The summed E-state index contributed by atoms with van der Waals surface area (Å²) in [5, 5.41) is 2.67. The molecule has 0 saturated carbocycles. The number of benzene rings is 2. The molecule has 0 saturated heterocycles. The Morgan fingerprint density at radius 1 is 1.13 bits per heavy atom. The number of rotatable bonds is 9. The molecule has 1 atom stereocenters. The second-order valence-electron chi connectivity index (χ2n) is 6.94. The van der Waals surface area contributed by atoms with Gasteiger partial charge in [0.1, 0.15) is 18.4 Å². The zero-order valence-electron chi connectivity index (χ0n) is 17.5. The Hall–Kier alpha value is -2.46. The van der Waals surface area contributed by atoms with E-state index in [2.05, 4.69) is 21.2 Å².